The number of carbonyl (C=O) groups is 2. The van der Waals surface area contributed by atoms with Crippen molar-refractivity contribution in [2.75, 3.05) is 13.3 Å². The largest absolute Gasteiger partial charge is 0.481 e. The van der Waals surface area contributed by atoms with Crippen molar-refractivity contribution in [3.8, 4) is 22.1 Å². The molecule has 0 radical (unpaired) electrons. The van der Waals surface area contributed by atoms with Crippen molar-refractivity contribution in [1.82, 2.24) is 10.3 Å². The normalized spacial score (nSPS) is 12.2. The van der Waals surface area contributed by atoms with Crippen molar-refractivity contribution in [2.24, 2.45) is 0 Å². The van der Waals surface area contributed by atoms with Crippen LogP contribution in [-0.4, -0.2) is 35.3 Å². The van der Waals surface area contributed by atoms with Gasteiger partial charge in [-0.1, -0.05) is 0 Å². The lowest BCUT2D eigenvalue weighted by Gasteiger charge is -2.03. The minimum absolute atomic E-state index is 0.113. The summed E-state index contributed by atoms with van der Waals surface area (Å²) in [6.07, 6.45) is 1.54. The van der Waals surface area contributed by atoms with E-state index in [9.17, 15) is 9.59 Å². The van der Waals surface area contributed by atoms with Crippen molar-refractivity contribution < 1.29 is 24.2 Å². The number of hydrogen-bond acceptors (Lipinski definition) is 6. The van der Waals surface area contributed by atoms with Crippen LogP contribution in [0, 0.1) is 0 Å². The molecule has 0 atom stereocenters. The Balaban J connectivity index is 1.50. The Bertz CT molecular complexity index is 774. The van der Waals surface area contributed by atoms with Crippen LogP contribution in [0.25, 0.3) is 10.6 Å². The van der Waals surface area contributed by atoms with Gasteiger partial charge in [0.2, 0.25) is 12.7 Å². The number of amides is 1. The van der Waals surface area contributed by atoms with Crippen molar-refractivity contribution in [1.29, 1.82) is 0 Å². The molecule has 1 aromatic carbocycles. The van der Waals surface area contributed by atoms with Crippen LogP contribution < -0.4 is 14.8 Å². The molecule has 0 fully saturated rings. The van der Waals surface area contributed by atoms with Crippen molar-refractivity contribution in [2.45, 2.75) is 25.7 Å². The first-order chi connectivity index (χ1) is 12.1. The molecule has 0 spiro atoms. The average Bonchev–Trinajstić information content (AvgIpc) is 3.22. The molecule has 3 rings (SSSR count). The SMILES string of the molecule is O=C(O)CCCCNC(=O)Cc1csc(-c2ccc3c(c2)OCO3)n1. The molecule has 0 bridgehead atoms. The number of aliphatic carboxylic acids is 1. The number of carbonyl (C=O) groups excluding carboxylic acids is 1. The molecule has 25 heavy (non-hydrogen) atoms. The first-order valence-electron chi connectivity index (χ1n) is 7.95. The number of ether oxygens (including phenoxy) is 2. The summed E-state index contributed by atoms with van der Waals surface area (Å²) in [6, 6.07) is 5.65. The van der Waals surface area contributed by atoms with E-state index in [0.29, 0.717) is 30.8 Å². The highest BCUT2D eigenvalue weighted by Crippen LogP contribution is 2.36. The van der Waals surface area contributed by atoms with Gasteiger partial charge in [-0.15, -0.1) is 11.3 Å². The second kappa shape index (κ2) is 7.98. The summed E-state index contributed by atoms with van der Waals surface area (Å²) in [5.41, 5.74) is 1.63. The lowest BCUT2D eigenvalue weighted by atomic mass is 10.2. The monoisotopic (exact) mass is 362 g/mol. The number of benzene rings is 1. The number of rotatable bonds is 8. The zero-order chi connectivity index (χ0) is 17.6. The van der Waals surface area contributed by atoms with E-state index in [0.717, 1.165) is 16.3 Å². The second-order valence-corrected chi connectivity index (χ2v) is 6.45. The third kappa shape index (κ3) is 4.69. The van der Waals surface area contributed by atoms with Gasteiger partial charge in [-0.05, 0) is 31.0 Å². The summed E-state index contributed by atoms with van der Waals surface area (Å²) in [7, 11) is 0. The maximum absolute atomic E-state index is 11.9. The van der Waals surface area contributed by atoms with Gasteiger partial charge in [0.1, 0.15) is 5.01 Å². The van der Waals surface area contributed by atoms with Crippen LogP contribution in [0.5, 0.6) is 11.5 Å². The zero-order valence-electron chi connectivity index (χ0n) is 13.5. The molecule has 8 heteroatoms. The fourth-order valence-corrected chi connectivity index (χ4v) is 3.22. The Morgan fingerprint density at radius 3 is 2.92 bits per heavy atom. The highest BCUT2D eigenvalue weighted by atomic mass is 32.1. The lowest BCUT2D eigenvalue weighted by molar-refractivity contribution is -0.137. The Morgan fingerprint density at radius 1 is 1.24 bits per heavy atom. The van der Waals surface area contributed by atoms with Gasteiger partial charge in [-0.25, -0.2) is 4.98 Å². The topological polar surface area (TPSA) is 97.8 Å². The maximum Gasteiger partial charge on any atom is 0.303 e. The van der Waals surface area contributed by atoms with E-state index in [-0.39, 0.29) is 25.5 Å². The third-order valence-corrected chi connectivity index (χ3v) is 4.59. The van der Waals surface area contributed by atoms with E-state index in [2.05, 4.69) is 10.3 Å². The zero-order valence-corrected chi connectivity index (χ0v) is 14.3. The minimum Gasteiger partial charge on any atom is -0.481 e. The molecule has 2 N–H and O–H groups in total. The molecular weight excluding hydrogens is 344 g/mol. The molecular formula is C17H18N2O5S. The minimum atomic E-state index is -0.815. The van der Waals surface area contributed by atoms with Gasteiger partial charge < -0.3 is 19.9 Å². The van der Waals surface area contributed by atoms with Gasteiger partial charge in [0.05, 0.1) is 12.1 Å². The van der Waals surface area contributed by atoms with Gasteiger partial charge in [0.15, 0.2) is 11.5 Å². The fraction of sp³-hybridized carbons (Fsp3) is 0.353. The number of thiazole rings is 1. The first-order valence-corrected chi connectivity index (χ1v) is 8.83. The van der Waals surface area contributed by atoms with E-state index in [1.165, 1.54) is 11.3 Å². The first kappa shape index (κ1) is 17.2. The van der Waals surface area contributed by atoms with Gasteiger partial charge in [-0.2, -0.15) is 0 Å². The number of carboxylic acid groups (broad SMARTS) is 1. The number of aromatic nitrogens is 1. The Hall–Kier alpha value is -2.61. The molecule has 1 aromatic heterocycles. The standard InChI is InChI=1S/C17H18N2O5S/c20-15(18-6-2-1-3-16(21)22)8-12-9-25-17(19-12)11-4-5-13-14(7-11)24-10-23-13/h4-5,7,9H,1-3,6,8,10H2,(H,18,20)(H,21,22). The molecule has 0 saturated heterocycles. The van der Waals surface area contributed by atoms with E-state index >= 15 is 0 Å². The average molecular weight is 362 g/mol. The predicted octanol–water partition coefficient (Wildman–Crippen LogP) is 2.45. The van der Waals surface area contributed by atoms with Crippen LogP contribution in [0.2, 0.25) is 0 Å². The Labute approximate surface area is 148 Å². The van der Waals surface area contributed by atoms with Crippen molar-refractivity contribution in [3.05, 3.63) is 29.3 Å². The van der Waals surface area contributed by atoms with Gasteiger partial charge >= 0.3 is 5.97 Å². The second-order valence-electron chi connectivity index (χ2n) is 5.59. The number of unbranched alkanes of at least 4 members (excludes halogenated alkanes) is 1. The molecule has 2 heterocycles. The third-order valence-electron chi connectivity index (χ3n) is 3.65. The quantitative estimate of drug-likeness (QED) is 0.700. The van der Waals surface area contributed by atoms with Crippen molar-refractivity contribution >= 4 is 23.2 Å². The lowest BCUT2D eigenvalue weighted by Crippen LogP contribution is -2.26. The van der Waals surface area contributed by atoms with E-state index < -0.39 is 5.97 Å². The van der Waals surface area contributed by atoms with Crippen LogP contribution in [0.15, 0.2) is 23.6 Å². The van der Waals surface area contributed by atoms with Gasteiger partial charge in [-0.3, -0.25) is 9.59 Å². The van der Waals surface area contributed by atoms with Crippen LogP contribution in [0.1, 0.15) is 25.0 Å². The van der Waals surface area contributed by atoms with Crippen LogP contribution in [0.4, 0.5) is 0 Å². The van der Waals surface area contributed by atoms with E-state index in [1.54, 1.807) is 0 Å². The summed E-state index contributed by atoms with van der Waals surface area (Å²) < 4.78 is 10.7. The van der Waals surface area contributed by atoms with Crippen LogP contribution in [-0.2, 0) is 16.0 Å². The van der Waals surface area contributed by atoms with Gasteiger partial charge in [0, 0.05) is 23.9 Å². The number of nitrogens with one attached hydrogen (secondary N) is 1. The number of hydrogen-bond donors (Lipinski definition) is 2. The summed E-state index contributed by atoms with van der Waals surface area (Å²) >= 11 is 1.47. The van der Waals surface area contributed by atoms with Crippen LogP contribution >= 0.6 is 11.3 Å². The Kier molecular flexibility index (Phi) is 5.49. The molecule has 1 aliphatic heterocycles. The van der Waals surface area contributed by atoms with Gasteiger partial charge in [0.25, 0.3) is 0 Å². The molecule has 7 nitrogen and oxygen atoms in total. The summed E-state index contributed by atoms with van der Waals surface area (Å²) in [5.74, 6) is 0.499. The molecule has 0 unspecified atom stereocenters. The summed E-state index contributed by atoms with van der Waals surface area (Å²) in [5, 5.41) is 14.0. The molecule has 1 amide bonds. The molecule has 1 aliphatic rings. The Morgan fingerprint density at radius 2 is 2.08 bits per heavy atom. The van der Waals surface area contributed by atoms with Crippen molar-refractivity contribution in [3.63, 3.8) is 0 Å². The van der Waals surface area contributed by atoms with E-state index in [1.807, 2.05) is 23.6 Å². The summed E-state index contributed by atoms with van der Waals surface area (Å²) in [4.78, 5) is 26.8. The number of nitrogens with zero attached hydrogens (tertiary/aromatic N) is 1. The number of carboxylic acids is 1. The highest BCUT2D eigenvalue weighted by Gasteiger charge is 2.15. The maximum atomic E-state index is 11.9. The molecule has 0 saturated carbocycles. The smallest absolute Gasteiger partial charge is 0.303 e. The van der Waals surface area contributed by atoms with Crippen LogP contribution in [0.3, 0.4) is 0 Å². The molecule has 132 valence electrons. The van der Waals surface area contributed by atoms with E-state index in [4.69, 9.17) is 14.6 Å². The summed E-state index contributed by atoms with van der Waals surface area (Å²) in [6.45, 7) is 0.708. The molecule has 0 aliphatic carbocycles. The fourth-order valence-electron chi connectivity index (χ4n) is 2.41. The molecule has 2 aromatic rings. The predicted molar refractivity (Wildman–Crippen MR) is 91.9 cm³/mol. The highest BCUT2D eigenvalue weighted by molar-refractivity contribution is 7.13. The number of fused-ring (bicyclic) bond motifs is 1.